The lowest BCUT2D eigenvalue weighted by Crippen LogP contribution is -2.20. The van der Waals surface area contributed by atoms with Crippen LogP contribution in [0.1, 0.15) is 143 Å². The van der Waals surface area contributed by atoms with Crippen LogP contribution in [0.5, 0.6) is 5.75 Å². The van der Waals surface area contributed by atoms with Gasteiger partial charge < -0.3 is 4.74 Å². The van der Waals surface area contributed by atoms with E-state index >= 15 is 0 Å². The number of hydrogen-bond donors (Lipinski definition) is 0. The standard InChI is InChI=1S/C54H74O3S/c1-40(2)22-17-23-41(3)24-18-25-42(4)26-19-27-43(5)28-20-30-45(7)38-50(58(55,56)49-32-13-12-14-33-49)39-46(8)31-21-29-44(6)36-37-52-48(10)47(9)51-34-15-16-35-53(51)54(52)57-11/h12-16,22,24,26,28,31-36,38,50H,17-21,23,25,27,29-30,37,39H2,1-11H3/b41-24+,42-26+,43-28+,44-36+,45-38+,46-31+. The molecule has 0 aliphatic carbocycles. The van der Waals surface area contributed by atoms with Gasteiger partial charge in [-0.1, -0.05) is 124 Å². The maximum Gasteiger partial charge on any atom is 0.185 e. The first-order chi connectivity index (χ1) is 27.6. The third-order valence-corrected chi connectivity index (χ3v) is 13.4. The van der Waals surface area contributed by atoms with Gasteiger partial charge in [0.2, 0.25) is 0 Å². The lowest BCUT2D eigenvalue weighted by atomic mass is 9.92. The number of methoxy groups -OCH3 is 1. The zero-order valence-corrected chi connectivity index (χ0v) is 38.7. The number of hydrogen-bond acceptors (Lipinski definition) is 3. The summed E-state index contributed by atoms with van der Waals surface area (Å²) in [5, 5.41) is 1.80. The highest BCUT2D eigenvalue weighted by Crippen LogP contribution is 2.36. The second-order valence-corrected chi connectivity index (χ2v) is 19.0. The lowest BCUT2D eigenvalue weighted by molar-refractivity contribution is 0.415. The Bertz CT molecular complexity index is 2110. The number of ether oxygens (including phenoxy) is 1. The van der Waals surface area contributed by atoms with Crippen molar-refractivity contribution in [3.8, 4) is 5.75 Å². The molecule has 4 heteroatoms. The van der Waals surface area contributed by atoms with Crippen LogP contribution in [0.3, 0.4) is 0 Å². The Morgan fingerprint density at radius 2 is 1.00 bits per heavy atom. The molecule has 1 unspecified atom stereocenters. The molecule has 3 aromatic rings. The van der Waals surface area contributed by atoms with Gasteiger partial charge in [-0.15, -0.1) is 0 Å². The zero-order valence-electron chi connectivity index (χ0n) is 37.9. The van der Waals surface area contributed by atoms with Gasteiger partial charge in [-0.3, -0.25) is 0 Å². The van der Waals surface area contributed by atoms with Gasteiger partial charge in [0.1, 0.15) is 5.75 Å². The average molecular weight is 803 g/mol. The van der Waals surface area contributed by atoms with Gasteiger partial charge in [-0.05, 0) is 175 Å². The molecule has 3 aromatic carbocycles. The highest BCUT2D eigenvalue weighted by Gasteiger charge is 2.26. The maximum absolute atomic E-state index is 14.0. The molecule has 0 fully saturated rings. The Kier molecular flexibility index (Phi) is 20.5. The third-order valence-electron chi connectivity index (χ3n) is 11.4. The molecule has 0 aromatic heterocycles. The third kappa shape index (κ3) is 15.9. The molecule has 58 heavy (non-hydrogen) atoms. The highest BCUT2D eigenvalue weighted by atomic mass is 32.2. The first kappa shape index (κ1) is 48.2. The number of sulfone groups is 1. The minimum Gasteiger partial charge on any atom is -0.496 e. The lowest BCUT2D eigenvalue weighted by Gasteiger charge is -2.17. The van der Waals surface area contributed by atoms with Crippen molar-refractivity contribution < 1.29 is 13.2 Å². The Morgan fingerprint density at radius 3 is 1.52 bits per heavy atom. The van der Waals surface area contributed by atoms with Crippen LogP contribution in [-0.2, 0) is 16.3 Å². The fraction of sp³-hybridized carbons (Fsp3) is 0.444. The van der Waals surface area contributed by atoms with Gasteiger partial charge in [0, 0.05) is 10.9 Å². The molecule has 0 aliphatic rings. The van der Waals surface area contributed by atoms with Crippen molar-refractivity contribution in [2.24, 2.45) is 0 Å². The number of fused-ring (bicyclic) bond motifs is 1. The fourth-order valence-electron chi connectivity index (χ4n) is 7.55. The molecule has 0 saturated heterocycles. The average Bonchev–Trinajstić information content (AvgIpc) is 3.18. The van der Waals surface area contributed by atoms with Crippen molar-refractivity contribution in [1.82, 2.24) is 0 Å². The molecule has 0 radical (unpaired) electrons. The second kappa shape index (κ2) is 24.7. The summed E-state index contributed by atoms with van der Waals surface area (Å²) in [4.78, 5) is 0.384. The summed E-state index contributed by atoms with van der Waals surface area (Å²) in [6.07, 6.45) is 27.5. The molecule has 1 atom stereocenters. The van der Waals surface area contributed by atoms with Crippen LogP contribution in [0, 0.1) is 13.8 Å². The Labute approximate surface area is 354 Å². The summed E-state index contributed by atoms with van der Waals surface area (Å²) in [6.45, 7) is 21.8. The Morgan fingerprint density at radius 1 is 0.552 bits per heavy atom. The summed E-state index contributed by atoms with van der Waals surface area (Å²) in [5.74, 6) is 0.965. The van der Waals surface area contributed by atoms with Crippen LogP contribution in [0.2, 0.25) is 0 Å². The van der Waals surface area contributed by atoms with E-state index in [-0.39, 0.29) is 0 Å². The van der Waals surface area contributed by atoms with Crippen LogP contribution in [0.15, 0.2) is 141 Å². The largest absolute Gasteiger partial charge is 0.496 e. The maximum atomic E-state index is 14.0. The molecule has 3 rings (SSSR count). The number of benzene rings is 3. The van der Waals surface area contributed by atoms with E-state index in [9.17, 15) is 8.42 Å². The molecule has 0 bridgehead atoms. The predicted octanol–water partition coefficient (Wildman–Crippen LogP) is 15.8. The number of aryl methyl sites for hydroxylation is 1. The van der Waals surface area contributed by atoms with E-state index in [1.165, 1.54) is 49.9 Å². The molecule has 0 spiro atoms. The molecule has 3 nitrogen and oxygen atoms in total. The van der Waals surface area contributed by atoms with Gasteiger partial charge in [0.05, 0.1) is 17.3 Å². The van der Waals surface area contributed by atoms with Gasteiger partial charge in [0.25, 0.3) is 0 Å². The van der Waals surface area contributed by atoms with Crippen molar-refractivity contribution in [2.45, 2.75) is 156 Å². The van der Waals surface area contributed by atoms with E-state index < -0.39 is 15.1 Å². The van der Waals surface area contributed by atoms with Crippen molar-refractivity contribution in [1.29, 1.82) is 0 Å². The topological polar surface area (TPSA) is 43.4 Å². The van der Waals surface area contributed by atoms with Crippen LogP contribution in [0.25, 0.3) is 10.8 Å². The quantitative estimate of drug-likeness (QED) is 0.0897. The molecule has 0 saturated carbocycles. The van der Waals surface area contributed by atoms with Gasteiger partial charge >= 0.3 is 0 Å². The molecule has 314 valence electrons. The normalized spacial score (nSPS) is 14.3. The van der Waals surface area contributed by atoms with Crippen LogP contribution < -0.4 is 4.74 Å². The van der Waals surface area contributed by atoms with Crippen LogP contribution in [0.4, 0.5) is 0 Å². The van der Waals surface area contributed by atoms with E-state index in [2.05, 4.69) is 130 Å². The highest BCUT2D eigenvalue weighted by molar-refractivity contribution is 7.92. The summed E-state index contributed by atoms with van der Waals surface area (Å²) in [7, 11) is -1.78. The predicted molar refractivity (Wildman–Crippen MR) is 254 cm³/mol. The van der Waals surface area contributed by atoms with Crippen molar-refractivity contribution >= 4 is 20.6 Å². The molecule has 0 heterocycles. The van der Waals surface area contributed by atoms with E-state index in [1.54, 1.807) is 19.2 Å². The molecule has 0 amide bonds. The second-order valence-electron chi connectivity index (χ2n) is 16.9. The summed E-state index contributed by atoms with van der Waals surface area (Å²) in [6, 6.07) is 17.4. The number of allylic oxidation sites excluding steroid dienone is 13. The van der Waals surface area contributed by atoms with Gasteiger partial charge in [0.15, 0.2) is 9.84 Å². The van der Waals surface area contributed by atoms with Gasteiger partial charge in [-0.25, -0.2) is 8.42 Å². The van der Waals surface area contributed by atoms with Gasteiger partial charge in [-0.2, -0.15) is 0 Å². The van der Waals surface area contributed by atoms with E-state index in [0.29, 0.717) is 11.3 Å². The molecular weight excluding hydrogens is 729 g/mol. The molecular formula is C54H74O3S. The zero-order chi connectivity index (χ0) is 42.7. The van der Waals surface area contributed by atoms with Crippen molar-refractivity contribution in [2.75, 3.05) is 7.11 Å². The monoisotopic (exact) mass is 803 g/mol. The molecule has 0 N–H and O–H groups in total. The number of rotatable bonds is 23. The summed E-state index contributed by atoms with van der Waals surface area (Å²) >= 11 is 0. The van der Waals surface area contributed by atoms with Crippen molar-refractivity contribution in [3.05, 3.63) is 153 Å². The summed E-state index contributed by atoms with van der Waals surface area (Å²) in [5.41, 5.74) is 13.1. The van der Waals surface area contributed by atoms with Crippen LogP contribution >= 0.6 is 0 Å². The van der Waals surface area contributed by atoms with E-state index in [0.717, 1.165) is 92.9 Å². The Hall–Kier alpha value is -4.15. The van der Waals surface area contributed by atoms with E-state index in [4.69, 9.17) is 4.74 Å². The Balaban J connectivity index is 1.60. The summed E-state index contributed by atoms with van der Waals surface area (Å²) < 4.78 is 33.9. The smallest absolute Gasteiger partial charge is 0.185 e. The first-order valence-corrected chi connectivity index (χ1v) is 23.1. The fourth-order valence-corrected chi connectivity index (χ4v) is 9.33. The first-order valence-electron chi connectivity index (χ1n) is 21.6. The minimum atomic E-state index is -3.55. The SMILES string of the molecule is COc1c(C/C=C(\C)CC/C=C(\C)CC(/C=C(\C)CC/C=C(\C)CC/C=C(\C)CC/C=C(\C)CCC=C(C)C)S(=O)(=O)c2ccccc2)c(C)c(C)c2ccccc12. The molecule has 0 aliphatic heterocycles. The minimum absolute atomic E-state index is 0.384. The van der Waals surface area contributed by atoms with E-state index in [1.807, 2.05) is 24.3 Å². The van der Waals surface area contributed by atoms with Crippen LogP contribution in [-0.4, -0.2) is 20.8 Å². The van der Waals surface area contributed by atoms with Crippen molar-refractivity contribution in [3.63, 3.8) is 0 Å².